The van der Waals surface area contributed by atoms with Crippen LogP contribution in [0.4, 0.5) is 5.69 Å². The van der Waals surface area contributed by atoms with Crippen LogP contribution >= 0.6 is 0 Å². The fourth-order valence-corrected chi connectivity index (χ4v) is 3.11. The molecule has 1 N–H and O–H groups in total. The number of hydrogen-bond donors (Lipinski definition) is 1. The number of pyridine rings is 1. The van der Waals surface area contributed by atoms with E-state index in [1.807, 2.05) is 19.9 Å². The van der Waals surface area contributed by atoms with Gasteiger partial charge in [0.2, 0.25) is 0 Å². The summed E-state index contributed by atoms with van der Waals surface area (Å²) in [7, 11) is -3.56. The fourth-order valence-electron chi connectivity index (χ4n) is 1.84. The number of nitrogens with one attached hydrogen (secondary N) is 1. The van der Waals surface area contributed by atoms with Crippen LogP contribution in [0.1, 0.15) is 16.8 Å². The summed E-state index contributed by atoms with van der Waals surface area (Å²) in [6, 6.07) is 8.72. The molecule has 0 saturated heterocycles. The zero-order valence-corrected chi connectivity index (χ0v) is 12.0. The maximum Gasteiger partial charge on any atom is 0.262 e. The number of benzene rings is 1. The van der Waals surface area contributed by atoms with E-state index in [0.717, 1.165) is 16.8 Å². The van der Waals surface area contributed by atoms with Gasteiger partial charge in [0.1, 0.15) is 0 Å². The molecule has 1 aromatic heterocycles. The molecule has 0 atom stereocenters. The second-order valence-corrected chi connectivity index (χ2v) is 6.21. The normalized spacial score (nSPS) is 11.3. The summed E-state index contributed by atoms with van der Waals surface area (Å²) in [5.41, 5.74) is 3.07. The van der Waals surface area contributed by atoms with Gasteiger partial charge < -0.3 is 0 Å². The Bertz CT molecular complexity index is 692. The maximum atomic E-state index is 12.3. The van der Waals surface area contributed by atoms with Crippen LogP contribution in [0, 0.1) is 20.8 Å². The molecule has 19 heavy (non-hydrogen) atoms. The van der Waals surface area contributed by atoms with Crippen molar-refractivity contribution in [2.75, 3.05) is 4.72 Å². The monoisotopic (exact) mass is 276 g/mol. The van der Waals surface area contributed by atoms with Crippen LogP contribution in [0.5, 0.6) is 0 Å². The number of anilines is 1. The Morgan fingerprint density at radius 1 is 1.05 bits per heavy atom. The Morgan fingerprint density at radius 2 is 1.79 bits per heavy atom. The fraction of sp³-hybridized carbons (Fsp3) is 0.214. The van der Waals surface area contributed by atoms with Gasteiger partial charge in [-0.15, -0.1) is 0 Å². The summed E-state index contributed by atoms with van der Waals surface area (Å²) in [6.07, 6.45) is 1.51. The summed E-state index contributed by atoms with van der Waals surface area (Å²) in [4.78, 5) is 4.36. The van der Waals surface area contributed by atoms with Crippen LogP contribution in [0.25, 0.3) is 0 Å². The second-order valence-electron chi connectivity index (χ2n) is 4.56. The summed E-state index contributed by atoms with van der Waals surface area (Å²) < 4.78 is 27.1. The standard InChI is InChI=1S/C14H16N2O2S/c1-10-4-7-14(11(2)8-10)19(17,18)16-13-6-5-12(3)15-9-13/h4-9,16H,1-3H3. The van der Waals surface area contributed by atoms with Crippen LogP contribution in [0.15, 0.2) is 41.4 Å². The first-order valence-electron chi connectivity index (χ1n) is 5.91. The summed E-state index contributed by atoms with van der Waals surface area (Å²) in [5, 5.41) is 0. The molecule has 0 aliphatic rings. The average Bonchev–Trinajstić information content (AvgIpc) is 2.31. The molecule has 0 unspecified atom stereocenters. The summed E-state index contributed by atoms with van der Waals surface area (Å²) >= 11 is 0. The van der Waals surface area contributed by atoms with E-state index in [9.17, 15) is 8.42 Å². The van der Waals surface area contributed by atoms with Gasteiger partial charge in [0.15, 0.2) is 0 Å². The number of aryl methyl sites for hydroxylation is 3. The Hall–Kier alpha value is -1.88. The minimum atomic E-state index is -3.56. The summed E-state index contributed by atoms with van der Waals surface area (Å²) in [5.74, 6) is 0. The number of aromatic nitrogens is 1. The van der Waals surface area contributed by atoms with E-state index in [-0.39, 0.29) is 0 Å². The van der Waals surface area contributed by atoms with E-state index in [0.29, 0.717) is 10.6 Å². The van der Waals surface area contributed by atoms with Gasteiger partial charge in [0.25, 0.3) is 10.0 Å². The third-order valence-electron chi connectivity index (χ3n) is 2.78. The van der Waals surface area contributed by atoms with Crippen LogP contribution in [-0.2, 0) is 10.0 Å². The van der Waals surface area contributed by atoms with E-state index < -0.39 is 10.0 Å². The number of rotatable bonds is 3. The van der Waals surface area contributed by atoms with Gasteiger partial charge in [-0.25, -0.2) is 8.42 Å². The van der Waals surface area contributed by atoms with E-state index in [1.165, 1.54) is 6.20 Å². The predicted octanol–water partition coefficient (Wildman–Crippen LogP) is 2.81. The smallest absolute Gasteiger partial charge is 0.262 e. The highest BCUT2D eigenvalue weighted by Crippen LogP contribution is 2.19. The van der Waals surface area contributed by atoms with Crippen molar-refractivity contribution in [3.05, 3.63) is 53.3 Å². The molecule has 2 rings (SSSR count). The van der Waals surface area contributed by atoms with Crippen LogP contribution in [0.2, 0.25) is 0 Å². The molecule has 0 amide bonds. The zero-order valence-electron chi connectivity index (χ0n) is 11.1. The van der Waals surface area contributed by atoms with Gasteiger partial charge in [-0.2, -0.15) is 0 Å². The van der Waals surface area contributed by atoms with Crippen molar-refractivity contribution in [1.82, 2.24) is 4.98 Å². The SMILES string of the molecule is Cc1ccc(S(=O)(=O)Nc2ccc(C)nc2)c(C)c1. The molecule has 0 bridgehead atoms. The first kappa shape index (κ1) is 13.5. The molecule has 0 aliphatic heterocycles. The Kier molecular flexibility index (Phi) is 3.57. The van der Waals surface area contributed by atoms with Gasteiger partial charge in [-0.3, -0.25) is 9.71 Å². The number of hydrogen-bond acceptors (Lipinski definition) is 3. The lowest BCUT2D eigenvalue weighted by Gasteiger charge is -2.10. The lowest BCUT2D eigenvalue weighted by molar-refractivity contribution is 0.600. The maximum absolute atomic E-state index is 12.3. The van der Waals surface area contributed by atoms with Crippen molar-refractivity contribution in [2.45, 2.75) is 25.7 Å². The molecule has 2 aromatic rings. The molecular formula is C14H16N2O2S. The molecular weight excluding hydrogens is 260 g/mol. The Morgan fingerprint density at radius 3 is 2.37 bits per heavy atom. The van der Waals surface area contributed by atoms with Gasteiger partial charge in [-0.1, -0.05) is 17.7 Å². The molecule has 1 heterocycles. The second kappa shape index (κ2) is 5.01. The average molecular weight is 276 g/mol. The molecule has 0 spiro atoms. The van der Waals surface area contributed by atoms with E-state index in [4.69, 9.17) is 0 Å². The molecule has 5 heteroatoms. The minimum absolute atomic E-state index is 0.290. The molecule has 100 valence electrons. The predicted molar refractivity (Wildman–Crippen MR) is 75.7 cm³/mol. The minimum Gasteiger partial charge on any atom is -0.278 e. The lowest BCUT2D eigenvalue weighted by atomic mass is 10.2. The first-order valence-corrected chi connectivity index (χ1v) is 7.39. The topological polar surface area (TPSA) is 59.1 Å². The van der Waals surface area contributed by atoms with Crippen molar-refractivity contribution >= 4 is 15.7 Å². The largest absolute Gasteiger partial charge is 0.278 e. The molecule has 0 radical (unpaired) electrons. The molecule has 0 aliphatic carbocycles. The summed E-state index contributed by atoms with van der Waals surface area (Å²) in [6.45, 7) is 5.57. The van der Waals surface area contributed by atoms with Crippen LogP contribution < -0.4 is 4.72 Å². The van der Waals surface area contributed by atoms with Crippen LogP contribution in [0.3, 0.4) is 0 Å². The van der Waals surface area contributed by atoms with E-state index in [2.05, 4.69) is 9.71 Å². The van der Waals surface area contributed by atoms with Crippen molar-refractivity contribution in [2.24, 2.45) is 0 Å². The van der Waals surface area contributed by atoms with Crippen molar-refractivity contribution in [3.63, 3.8) is 0 Å². The highest BCUT2D eigenvalue weighted by atomic mass is 32.2. The van der Waals surface area contributed by atoms with E-state index >= 15 is 0 Å². The third kappa shape index (κ3) is 3.12. The molecule has 0 saturated carbocycles. The quantitative estimate of drug-likeness (QED) is 0.937. The highest BCUT2D eigenvalue weighted by Gasteiger charge is 2.16. The van der Waals surface area contributed by atoms with Crippen molar-refractivity contribution < 1.29 is 8.42 Å². The van der Waals surface area contributed by atoms with Gasteiger partial charge in [0, 0.05) is 5.69 Å². The Labute approximate surface area is 113 Å². The van der Waals surface area contributed by atoms with Gasteiger partial charge in [-0.05, 0) is 44.5 Å². The van der Waals surface area contributed by atoms with Gasteiger partial charge in [0.05, 0.1) is 16.8 Å². The molecule has 4 nitrogen and oxygen atoms in total. The van der Waals surface area contributed by atoms with E-state index in [1.54, 1.807) is 31.2 Å². The number of nitrogens with zero attached hydrogens (tertiary/aromatic N) is 1. The lowest BCUT2D eigenvalue weighted by Crippen LogP contribution is -2.14. The highest BCUT2D eigenvalue weighted by molar-refractivity contribution is 7.92. The van der Waals surface area contributed by atoms with Crippen molar-refractivity contribution in [1.29, 1.82) is 0 Å². The third-order valence-corrected chi connectivity index (χ3v) is 4.33. The Balaban J connectivity index is 2.35. The number of sulfonamides is 1. The molecule has 0 fully saturated rings. The zero-order chi connectivity index (χ0) is 14.0. The van der Waals surface area contributed by atoms with Gasteiger partial charge >= 0.3 is 0 Å². The van der Waals surface area contributed by atoms with Crippen LogP contribution in [-0.4, -0.2) is 13.4 Å². The molecule has 1 aromatic carbocycles. The first-order chi connectivity index (χ1) is 8.88. The van der Waals surface area contributed by atoms with Crippen molar-refractivity contribution in [3.8, 4) is 0 Å².